The van der Waals surface area contributed by atoms with Crippen LogP contribution in [0.4, 0.5) is 0 Å². The van der Waals surface area contributed by atoms with Crippen LogP contribution in [0.25, 0.3) is 0 Å². The van der Waals surface area contributed by atoms with Crippen molar-refractivity contribution in [3.8, 4) is 0 Å². The molecule has 2 atom stereocenters. The quantitative estimate of drug-likeness (QED) is 0.594. The highest BCUT2D eigenvalue weighted by Gasteiger charge is 2.14. The van der Waals surface area contributed by atoms with E-state index in [9.17, 15) is 4.79 Å². The van der Waals surface area contributed by atoms with E-state index in [1.54, 1.807) is 6.92 Å². The Morgan fingerprint density at radius 3 is 2.60 bits per heavy atom. The predicted molar refractivity (Wildman–Crippen MR) is 59.6 cm³/mol. The molecule has 0 bridgehead atoms. The van der Waals surface area contributed by atoms with Gasteiger partial charge in [0.1, 0.15) is 6.04 Å². The number of carbonyl (C=O) groups is 1. The Balaban J connectivity index is 3.81. The summed E-state index contributed by atoms with van der Waals surface area (Å²) in [5.74, 6) is 0.196. The Kier molecular flexibility index (Phi) is 8.33. The van der Waals surface area contributed by atoms with E-state index in [0.717, 1.165) is 25.8 Å². The fourth-order valence-electron chi connectivity index (χ4n) is 1.54. The highest BCUT2D eigenvalue weighted by molar-refractivity contribution is 5.75. The first-order valence-electron chi connectivity index (χ1n) is 5.57. The normalized spacial score (nSPS) is 14.7. The predicted octanol–water partition coefficient (Wildman–Crippen LogP) is 0.936. The van der Waals surface area contributed by atoms with E-state index in [4.69, 9.17) is 5.11 Å². The van der Waals surface area contributed by atoms with Gasteiger partial charge in [-0.3, -0.25) is 4.79 Å². The van der Waals surface area contributed by atoms with Crippen LogP contribution in [0.3, 0.4) is 0 Å². The molecule has 0 amide bonds. The third-order valence-corrected chi connectivity index (χ3v) is 2.50. The third-order valence-electron chi connectivity index (χ3n) is 2.50. The summed E-state index contributed by atoms with van der Waals surface area (Å²) < 4.78 is 4.61. The van der Waals surface area contributed by atoms with Gasteiger partial charge in [-0.1, -0.05) is 13.3 Å². The lowest BCUT2D eigenvalue weighted by atomic mass is 10.00. The zero-order chi connectivity index (χ0) is 11.7. The maximum absolute atomic E-state index is 11.1. The van der Waals surface area contributed by atoms with E-state index < -0.39 is 0 Å². The van der Waals surface area contributed by atoms with Crippen molar-refractivity contribution >= 4 is 5.97 Å². The van der Waals surface area contributed by atoms with Gasteiger partial charge < -0.3 is 15.2 Å². The maximum Gasteiger partial charge on any atom is 0.322 e. The van der Waals surface area contributed by atoms with Crippen molar-refractivity contribution < 1.29 is 14.6 Å². The number of carbonyl (C=O) groups excluding carboxylic acids is 1. The summed E-state index contributed by atoms with van der Waals surface area (Å²) in [7, 11) is 1.39. The molecule has 0 aliphatic heterocycles. The van der Waals surface area contributed by atoms with E-state index in [1.165, 1.54) is 7.11 Å². The number of aliphatic hydroxyl groups is 1. The molecular weight excluding hydrogens is 194 g/mol. The molecule has 90 valence electrons. The molecule has 0 saturated carbocycles. The maximum atomic E-state index is 11.1. The second kappa shape index (κ2) is 8.68. The monoisotopic (exact) mass is 217 g/mol. The first-order valence-corrected chi connectivity index (χ1v) is 5.57. The van der Waals surface area contributed by atoms with E-state index in [2.05, 4.69) is 17.0 Å². The van der Waals surface area contributed by atoms with Crippen LogP contribution in [-0.2, 0) is 9.53 Å². The van der Waals surface area contributed by atoms with Gasteiger partial charge in [0.05, 0.1) is 7.11 Å². The van der Waals surface area contributed by atoms with Crippen molar-refractivity contribution in [2.45, 2.75) is 39.2 Å². The summed E-state index contributed by atoms with van der Waals surface area (Å²) in [5, 5.41) is 12.0. The van der Waals surface area contributed by atoms with Gasteiger partial charge >= 0.3 is 5.97 Å². The van der Waals surface area contributed by atoms with E-state index in [-0.39, 0.29) is 18.6 Å². The van der Waals surface area contributed by atoms with Crippen molar-refractivity contribution in [3.63, 3.8) is 0 Å². The van der Waals surface area contributed by atoms with Gasteiger partial charge in [-0.25, -0.2) is 0 Å². The first kappa shape index (κ1) is 14.4. The van der Waals surface area contributed by atoms with Gasteiger partial charge in [0, 0.05) is 6.61 Å². The van der Waals surface area contributed by atoms with Crippen molar-refractivity contribution in [2.24, 2.45) is 5.92 Å². The number of hydrogen-bond donors (Lipinski definition) is 2. The van der Waals surface area contributed by atoms with Gasteiger partial charge in [0.15, 0.2) is 0 Å². The molecule has 0 radical (unpaired) electrons. The summed E-state index contributed by atoms with van der Waals surface area (Å²) >= 11 is 0. The van der Waals surface area contributed by atoms with Crippen molar-refractivity contribution in [3.05, 3.63) is 0 Å². The summed E-state index contributed by atoms with van der Waals surface area (Å²) in [5.41, 5.74) is 0. The molecular formula is C11H23NO3. The molecule has 0 aromatic carbocycles. The second-order valence-electron chi connectivity index (χ2n) is 3.82. The Labute approximate surface area is 92.0 Å². The molecule has 0 aromatic heterocycles. The lowest BCUT2D eigenvalue weighted by Gasteiger charge is -2.18. The molecule has 4 heteroatoms. The molecule has 2 unspecified atom stereocenters. The number of esters is 1. The molecule has 2 N–H and O–H groups in total. The number of rotatable bonds is 8. The minimum Gasteiger partial charge on any atom is -0.468 e. The molecule has 0 spiro atoms. The number of methoxy groups -OCH3 is 1. The zero-order valence-electron chi connectivity index (χ0n) is 9.95. The molecule has 4 nitrogen and oxygen atoms in total. The van der Waals surface area contributed by atoms with Crippen molar-refractivity contribution in [1.29, 1.82) is 0 Å². The average molecular weight is 217 g/mol. The Hall–Kier alpha value is -0.610. The van der Waals surface area contributed by atoms with Crippen LogP contribution >= 0.6 is 0 Å². The molecule has 0 aliphatic carbocycles. The summed E-state index contributed by atoms with van der Waals surface area (Å²) in [6.07, 6.45) is 2.95. The molecule has 0 heterocycles. The SMILES string of the molecule is CCCC(CCO)CNC(C)C(=O)OC. The first-order chi connectivity index (χ1) is 7.15. The fraction of sp³-hybridized carbons (Fsp3) is 0.909. The second-order valence-corrected chi connectivity index (χ2v) is 3.82. The molecule has 0 rings (SSSR count). The molecule has 0 saturated heterocycles. The van der Waals surface area contributed by atoms with Gasteiger partial charge in [0.25, 0.3) is 0 Å². The summed E-state index contributed by atoms with van der Waals surface area (Å²) in [6.45, 7) is 4.87. The summed E-state index contributed by atoms with van der Waals surface area (Å²) in [4.78, 5) is 11.1. The van der Waals surface area contributed by atoms with Gasteiger partial charge in [0.2, 0.25) is 0 Å². The van der Waals surface area contributed by atoms with Crippen molar-refractivity contribution in [2.75, 3.05) is 20.3 Å². The van der Waals surface area contributed by atoms with Crippen LogP contribution in [0.1, 0.15) is 33.1 Å². The Bertz CT molecular complexity index is 167. The van der Waals surface area contributed by atoms with Gasteiger partial charge in [-0.2, -0.15) is 0 Å². The topological polar surface area (TPSA) is 58.6 Å². The van der Waals surface area contributed by atoms with Crippen LogP contribution in [-0.4, -0.2) is 37.4 Å². The van der Waals surface area contributed by atoms with Crippen molar-refractivity contribution in [1.82, 2.24) is 5.32 Å². The lowest BCUT2D eigenvalue weighted by molar-refractivity contribution is -0.142. The largest absolute Gasteiger partial charge is 0.468 e. The number of ether oxygens (including phenoxy) is 1. The molecule has 15 heavy (non-hydrogen) atoms. The number of hydrogen-bond acceptors (Lipinski definition) is 4. The van der Waals surface area contributed by atoms with E-state index in [1.807, 2.05) is 0 Å². The standard InChI is InChI=1S/C11H23NO3/c1-4-5-10(6-7-13)8-12-9(2)11(14)15-3/h9-10,12-13H,4-8H2,1-3H3. The van der Waals surface area contributed by atoms with Crippen LogP contribution in [0, 0.1) is 5.92 Å². The van der Waals surface area contributed by atoms with Gasteiger partial charge in [-0.05, 0) is 32.2 Å². The zero-order valence-corrected chi connectivity index (χ0v) is 9.95. The molecule has 0 fully saturated rings. The Morgan fingerprint density at radius 1 is 1.47 bits per heavy atom. The molecule has 0 aliphatic rings. The van der Waals surface area contributed by atoms with Crippen LogP contribution in [0.15, 0.2) is 0 Å². The Morgan fingerprint density at radius 2 is 2.13 bits per heavy atom. The minimum absolute atomic E-state index is 0.207. The fourth-order valence-corrected chi connectivity index (χ4v) is 1.54. The van der Waals surface area contributed by atoms with E-state index >= 15 is 0 Å². The summed E-state index contributed by atoms with van der Waals surface area (Å²) in [6, 6.07) is -0.270. The minimum atomic E-state index is -0.270. The number of nitrogens with one attached hydrogen (secondary N) is 1. The highest BCUT2D eigenvalue weighted by atomic mass is 16.5. The highest BCUT2D eigenvalue weighted by Crippen LogP contribution is 2.09. The smallest absolute Gasteiger partial charge is 0.322 e. The lowest BCUT2D eigenvalue weighted by Crippen LogP contribution is -2.38. The average Bonchev–Trinajstić information content (AvgIpc) is 2.25. The van der Waals surface area contributed by atoms with Crippen LogP contribution in [0.5, 0.6) is 0 Å². The third kappa shape index (κ3) is 6.47. The van der Waals surface area contributed by atoms with Crippen LogP contribution in [0.2, 0.25) is 0 Å². The van der Waals surface area contributed by atoms with Gasteiger partial charge in [-0.15, -0.1) is 0 Å². The van der Waals surface area contributed by atoms with Crippen LogP contribution < -0.4 is 5.32 Å². The van der Waals surface area contributed by atoms with E-state index in [0.29, 0.717) is 5.92 Å². The molecule has 0 aromatic rings. The number of aliphatic hydroxyl groups excluding tert-OH is 1.